The summed E-state index contributed by atoms with van der Waals surface area (Å²) in [5.41, 5.74) is 4.59. The van der Waals surface area contributed by atoms with Gasteiger partial charge in [-0.2, -0.15) is 4.98 Å². The zero-order chi connectivity index (χ0) is 15.8. The van der Waals surface area contributed by atoms with Crippen molar-refractivity contribution in [2.24, 2.45) is 0 Å². The molecule has 1 saturated heterocycles. The van der Waals surface area contributed by atoms with E-state index in [4.69, 9.17) is 22.1 Å². The molecule has 1 aromatic heterocycles. The Labute approximate surface area is 125 Å². The van der Waals surface area contributed by atoms with Gasteiger partial charge in [0, 0.05) is 0 Å². The van der Waals surface area contributed by atoms with Crippen molar-refractivity contribution in [3.8, 4) is 11.8 Å². The minimum absolute atomic E-state index is 0.191. The predicted molar refractivity (Wildman–Crippen MR) is 74.3 cm³/mol. The number of aromatic nitrogens is 3. The van der Waals surface area contributed by atoms with Crippen LogP contribution >= 0.6 is 11.6 Å². The molecule has 114 valence electrons. The molecule has 21 heavy (non-hydrogen) atoms. The van der Waals surface area contributed by atoms with Gasteiger partial charge in [0.05, 0.1) is 6.10 Å². The molecule has 1 aliphatic heterocycles. The van der Waals surface area contributed by atoms with Gasteiger partial charge >= 0.3 is 5.69 Å². The molecule has 2 heterocycles. The van der Waals surface area contributed by atoms with Crippen molar-refractivity contribution in [2.45, 2.75) is 43.3 Å². The molecule has 1 fully saturated rings. The number of aliphatic hydroxyl groups excluding tert-OH is 2. The van der Waals surface area contributed by atoms with E-state index in [-0.39, 0.29) is 5.95 Å². The lowest BCUT2D eigenvalue weighted by Gasteiger charge is -2.25. The van der Waals surface area contributed by atoms with Crippen LogP contribution in [0.4, 0.5) is 5.95 Å². The Morgan fingerprint density at radius 3 is 2.86 bits per heavy atom. The first-order valence-corrected chi connectivity index (χ1v) is 6.54. The van der Waals surface area contributed by atoms with E-state index in [0.29, 0.717) is 0 Å². The standard InChI is InChI=1S/C12H15ClN4O4/c1-3-4-12(13)8(19)7(6(2)18)21-9(12)17-5-15-10(14)16-11(17)20/h5-9,18-19H,1-2H3,(H2,14,16,20)/t6-,7+,8?,9+,12?/m0/s1. The molecule has 9 heteroatoms. The van der Waals surface area contributed by atoms with E-state index >= 15 is 0 Å². The van der Waals surface area contributed by atoms with Gasteiger partial charge in [0.25, 0.3) is 0 Å². The van der Waals surface area contributed by atoms with Crippen LogP contribution in [0.15, 0.2) is 11.1 Å². The lowest BCUT2D eigenvalue weighted by molar-refractivity contribution is -0.0775. The fraction of sp³-hybridized carbons (Fsp3) is 0.583. The highest BCUT2D eigenvalue weighted by Gasteiger charge is 2.57. The van der Waals surface area contributed by atoms with Crippen molar-refractivity contribution in [3.63, 3.8) is 0 Å². The van der Waals surface area contributed by atoms with Gasteiger partial charge in [-0.25, -0.2) is 9.78 Å². The highest BCUT2D eigenvalue weighted by molar-refractivity contribution is 6.27. The Bertz CT molecular complexity index is 653. The molecule has 4 N–H and O–H groups in total. The second-order valence-electron chi connectivity index (χ2n) is 4.69. The largest absolute Gasteiger partial charge is 0.391 e. The number of nitrogen functional groups attached to an aromatic ring is 1. The topological polar surface area (TPSA) is 123 Å². The van der Waals surface area contributed by atoms with E-state index in [0.717, 1.165) is 10.9 Å². The number of alkyl halides is 1. The highest BCUT2D eigenvalue weighted by Crippen LogP contribution is 2.43. The second-order valence-corrected chi connectivity index (χ2v) is 5.31. The average molecular weight is 315 g/mol. The van der Waals surface area contributed by atoms with E-state index in [1.165, 1.54) is 13.8 Å². The normalized spacial score (nSPS) is 33.3. The second kappa shape index (κ2) is 5.61. The molecule has 0 bridgehead atoms. The maximum Gasteiger partial charge on any atom is 0.354 e. The van der Waals surface area contributed by atoms with Crippen LogP contribution in [-0.2, 0) is 4.74 Å². The molecule has 0 radical (unpaired) electrons. The number of ether oxygens (including phenoxy) is 1. The van der Waals surface area contributed by atoms with Crippen molar-refractivity contribution in [3.05, 3.63) is 16.8 Å². The minimum atomic E-state index is -1.61. The number of anilines is 1. The van der Waals surface area contributed by atoms with Crippen molar-refractivity contribution < 1.29 is 14.9 Å². The molecule has 0 aliphatic carbocycles. The minimum Gasteiger partial charge on any atom is -0.391 e. The summed E-state index contributed by atoms with van der Waals surface area (Å²) < 4.78 is 6.50. The van der Waals surface area contributed by atoms with Gasteiger partial charge in [-0.05, 0) is 13.8 Å². The monoisotopic (exact) mass is 314 g/mol. The van der Waals surface area contributed by atoms with Crippen molar-refractivity contribution in [2.75, 3.05) is 5.73 Å². The van der Waals surface area contributed by atoms with Crippen LogP contribution < -0.4 is 11.4 Å². The van der Waals surface area contributed by atoms with Crippen LogP contribution in [0, 0.1) is 11.8 Å². The van der Waals surface area contributed by atoms with Crippen LogP contribution in [-0.4, -0.2) is 47.9 Å². The SMILES string of the molecule is CC#CC1(Cl)C(O)[C@@H]([C@H](C)O)O[C@H]1n1cnc(N)nc1=O. The molecule has 0 saturated carbocycles. The first-order valence-electron chi connectivity index (χ1n) is 6.16. The van der Waals surface area contributed by atoms with Gasteiger partial charge in [-0.15, -0.1) is 5.92 Å². The third kappa shape index (κ3) is 2.61. The lowest BCUT2D eigenvalue weighted by atomic mass is 9.97. The van der Waals surface area contributed by atoms with Gasteiger partial charge in [0.2, 0.25) is 5.95 Å². The van der Waals surface area contributed by atoms with Gasteiger partial charge in [0.15, 0.2) is 11.1 Å². The van der Waals surface area contributed by atoms with Crippen molar-refractivity contribution >= 4 is 17.5 Å². The Hall–Kier alpha value is -1.66. The molecule has 1 aromatic rings. The number of aliphatic hydroxyl groups is 2. The number of nitrogens with zero attached hydrogens (tertiary/aromatic N) is 3. The molecule has 0 spiro atoms. The third-order valence-electron chi connectivity index (χ3n) is 3.18. The molecule has 2 unspecified atom stereocenters. The fourth-order valence-corrected chi connectivity index (χ4v) is 2.57. The molecule has 0 aromatic carbocycles. The van der Waals surface area contributed by atoms with E-state index in [1.807, 2.05) is 0 Å². The molecular weight excluding hydrogens is 300 g/mol. The third-order valence-corrected chi connectivity index (χ3v) is 3.68. The fourth-order valence-electron chi connectivity index (χ4n) is 2.20. The number of hydrogen-bond donors (Lipinski definition) is 3. The zero-order valence-corrected chi connectivity index (χ0v) is 12.2. The van der Waals surface area contributed by atoms with E-state index in [1.54, 1.807) is 0 Å². The number of halogens is 1. The Kier molecular flexibility index (Phi) is 4.20. The van der Waals surface area contributed by atoms with Crippen LogP contribution in [0.2, 0.25) is 0 Å². The van der Waals surface area contributed by atoms with Gasteiger partial charge in [0.1, 0.15) is 18.5 Å². The molecule has 2 rings (SSSR count). The van der Waals surface area contributed by atoms with Crippen molar-refractivity contribution in [1.29, 1.82) is 0 Å². The van der Waals surface area contributed by atoms with E-state index in [9.17, 15) is 15.0 Å². The summed E-state index contributed by atoms with van der Waals surface area (Å²) in [7, 11) is 0. The van der Waals surface area contributed by atoms with Crippen molar-refractivity contribution in [1.82, 2.24) is 14.5 Å². The lowest BCUT2D eigenvalue weighted by Crippen LogP contribution is -2.44. The van der Waals surface area contributed by atoms with Gasteiger partial charge in [-0.3, -0.25) is 4.57 Å². The van der Waals surface area contributed by atoms with E-state index in [2.05, 4.69) is 21.8 Å². The van der Waals surface area contributed by atoms with Gasteiger partial charge in [-0.1, -0.05) is 17.5 Å². The molecule has 0 amide bonds. The highest BCUT2D eigenvalue weighted by atomic mass is 35.5. The molecule has 8 nitrogen and oxygen atoms in total. The van der Waals surface area contributed by atoms with Crippen LogP contribution in [0.3, 0.4) is 0 Å². The smallest absolute Gasteiger partial charge is 0.354 e. The summed E-state index contributed by atoms with van der Waals surface area (Å²) in [4.78, 5) is 17.5. The summed E-state index contributed by atoms with van der Waals surface area (Å²) in [6, 6.07) is 0. The summed E-state index contributed by atoms with van der Waals surface area (Å²) >= 11 is 6.37. The Balaban J connectivity index is 2.54. The maximum atomic E-state index is 11.9. The van der Waals surface area contributed by atoms with Crippen LogP contribution in [0.5, 0.6) is 0 Å². The average Bonchev–Trinajstić information content (AvgIpc) is 2.64. The molecule has 1 aliphatic rings. The predicted octanol–water partition coefficient (Wildman–Crippen LogP) is -1.14. The Morgan fingerprint density at radius 2 is 2.33 bits per heavy atom. The number of hydrogen-bond acceptors (Lipinski definition) is 7. The first-order chi connectivity index (χ1) is 9.81. The summed E-state index contributed by atoms with van der Waals surface area (Å²) in [6.07, 6.45) is -3.36. The Morgan fingerprint density at radius 1 is 1.67 bits per heavy atom. The quantitative estimate of drug-likeness (QED) is 0.465. The number of nitrogens with two attached hydrogens (primary N) is 1. The molecular formula is C12H15ClN4O4. The maximum absolute atomic E-state index is 11.9. The summed E-state index contributed by atoms with van der Waals surface area (Å²) in [5, 5.41) is 20.0. The van der Waals surface area contributed by atoms with Crippen LogP contribution in [0.25, 0.3) is 0 Å². The van der Waals surface area contributed by atoms with Gasteiger partial charge < -0.3 is 20.7 Å². The summed E-state index contributed by atoms with van der Waals surface area (Å²) in [5.74, 6) is 5.02. The first kappa shape index (κ1) is 15.7. The van der Waals surface area contributed by atoms with Crippen LogP contribution in [0.1, 0.15) is 20.1 Å². The number of rotatable bonds is 2. The van der Waals surface area contributed by atoms with E-state index < -0.39 is 35.1 Å². The zero-order valence-electron chi connectivity index (χ0n) is 11.4. The summed E-state index contributed by atoms with van der Waals surface area (Å²) in [6.45, 7) is 2.97. The molecule has 5 atom stereocenters.